The Balaban J connectivity index is 0.00000144. The van der Waals surface area contributed by atoms with Gasteiger partial charge in [0.2, 0.25) is 0 Å². The first-order valence-corrected chi connectivity index (χ1v) is 5.68. The van der Waals surface area contributed by atoms with Crippen LogP contribution in [0.3, 0.4) is 0 Å². The fourth-order valence-corrected chi connectivity index (χ4v) is 2.35. The Morgan fingerprint density at radius 2 is 2.06 bits per heavy atom. The number of carboxylic acid groups (broad SMARTS) is 1. The predicted octanol–water partition coefficient (Wildman–Crippen LogP) is 2.23. The van der Waals surface area contributed by atoms with Crippen LogP contribution in [0.5, 0.6) is 0 Å². The summed E-state index contributed by atoms with van der Waals surface area (Å²) in [6, 6.07) is 9.80. The number of aryl methyl sites for hydroxylation is 1. The number of aliphatic carboxylic acids is 1. The average Bonchev–Trinajstić information content (AvgIpc) is 2.28. The summed E-state index contributed by atoms with van der Waals surface area (Å²) in [5.74, 6) is -0.734. The van der Waals surface area contributed by atoms with E-state index >= 15 is 0 Å². The van der Waals surface area contributed by atoms with Crippen LogP contribution in [0.1, 0.15) is 24.8 Å². The Morgan fingerprint density at radius 1 is 1.41 bits per heavy atom. The van der Waals surface area contributed by atoms with Crippen molar-refractivity contribution in [1.82, 2.24) is 0 Å². The zero-order valence-corrected chi connectivity index (χ0v) is 10.5. The van der Waals surface area contributed by atoms with Crippen LogP contribution in [-0.4, -0.2) is 17.1 Å². The zero-order chi connectivity index (χ0) is 11.6. The quantitative estimate of drug-likeness (QED) is 0.867. The number of carbonyl (C=O) groups is 1. The second-order valence-electron chi connectivity index (χ2n) is 4.59. The van der Waals surface area contributed by atoms with Gasteiger partial charge in [0.1, 0.15) is 0 Å². The van der Waals surface area contributed by atoms with E-state index in [1.54, 1.807) is 0 Å². The first-order valence-electron chi connectivity index (χ1n) is 5.68. The lowest BCUT2D eigenvalue weighted by Gasteiger charge is -2.44. The standard InChI is InChI=1S/C13H17NO2.ClH/c14-11-7-9-13(11,12(15)16)8-6-10-4-2-1-3-5-10;/h1-5,11H,6-9,14H2,(H,15,16);1H. The third-order valence-electron chi connectivity index (χ3n) is 3.74. The molecule has 0 saturated heterocycles. The van der Waals surface area contributed by atoms with Crippen molar-refractivity contribution in [2.24, 2.45) is 11.1 Å². The molecule has 0 radical (unpaired) electrons. The van der Waals surface area contributed by atoms with Crippen LogP contribution >= 0.6 is 12.4 Å². The van der Waals surface area contributed by atoms with Gasteiger partial charge < -0.3 is 10.8 Å². The molecule has 0 bridgehead atoms. The highest BCUT2D eigenvalue weighted by Gasteiger charge is 2.50. The van der Waals surface area contributed by atoms with Crippen LogP contribution < -0.4 is 5.73 Å². The number of rotatable bonds is 4. The largest absolute Gasteiger partial charge is 0.481 e. The van der Waals surface area contributed by atoms with E-state index in [0.717, 1.165) is 19.3 Å². The molecular formula is C13H18ClNO2. The molecule has 1 aromatic rings. The lowest BCUT2D eigenvalue weighted by Crippen LogP contribution is -2.55. The molecule has 1 fully saturated rings. The Labute approximate surface area is 107 Å². The minimum Gasteiger partial charge on any atom is -0.481 e. The first-order chi connectivity index (χ1) is 7.65. The van der Waals surface area contributed by atoms with E-state index in [4.69, 9.17) is 5.73 Å². The molecule has 94 valence electrons. The lowest BCUT2D eigenvalue weighted by atomic mass is 9.62. The molecular weight excluding hydrogens is 238 g/mol. The average molecular weight is 256 g/mol. The molecule has 1 saturated carbocycles. The van der Waals surface area contributed by atoms with Gasteiger partial charge in [0.15, 0.2) is 0 Å². The molecule has 1 aliphatic rings. The summed E-state index contributed by atoms with van der Waals surface area (Å²) >= 11 is 0. The molecule has 4 heteroatoms. The number of carboxylic acids is 1. The van der Waals surface area contributed by atoms with Gasteiger partial charge in [-0.15, -0.1) is 12.4 Å². The maximum Gasteiger partial charge on any atom is 0.311 e. The second-order valence-corrected chi connectivity index (χ2v) is 4.59. The SMILES string of the molecule is Cl.NC1CCC1(CCc1ccccc1)C(=O)O. The van der Waals surface area contributed by atoms with E-state index in [2.05, 4.69) is 0 Å². The minimum absolute atomic E-state index is 0. The second kappa shape index (κ2) is 5.52. The summed E-state index contributed by atoms with van der Waals surface area (Å²) in [4.78, 5) is 11.3. The maximum atomic E-state index is 11.3. The highest BCUT2D eigenvalue weighted by Crippen LogP contribution is 2.43. The molecule has 2 atom stereocenters. The van der Waals surface area contributed by atoms with Gasteiger partial charge in [-0.2, -0.15) is 0 Å². The van der Waals surface area contributed by atoms with Crippen molar-refractivity contribution in [2.45, 2.75) is 31.7 Å². The molecule has 0 amide bonds. The Hall–Kier alpha value is -1.06. The van der Waals surface area contributed by atoms with Gasteiger partial charge in [-0.3, -0.25) is 4.79 Å². The smallest absolute Gasteiger partial charge is 0.311 e. The Kier molecular flexibility index (Phi) is 4.54. The van der Waals surface area contributed by atoms with Gasteiger partial charge in [0, 0.05) is 6.04 Å². The highest BCUT2D eigenvalue weighted by molar-refractivity contribution is 5.85. The van der Waals surface area contributed by atoms with Crippen molar-refractivity contribution in [3.63, 3.8) is 0 Å². The summed E-state index contributed by atoms with van der Waals surface area (Å²) in [7, 11) is 0. The minimum atomic E-state index is -0.734. The van der Waals surface area contributed by atoms with Crippen molar-refractivity contribution in [1.29, 1.82) is 0 Å². The van der Waals surface area contributed by atoms with Crippen LogP contribution in [0.15, 0.2) is 30.3 Å². The van der Waals surface area contributed by atoms with Crippen LogP contribution in [0.2, 0.25) is 0 Å². The molecule has 17 heavy (non-hydrogen) atoms. The third-order valence-corrected chi connectivity index (χ3v) is 3.74. The predicted molar refractivity (Wildman–Crippen MR) is 69.3 cm³/mol. The summed E-state index contributed by atoms with van der Waals surface area (Å²) in [6.07, 6.45) is 2.99. The summed E-state index contributed by atoms with van der Waals surface area (Å²) in [5.41, 5.74) is 6.35. The summed E-state index contributed by atoms with van der Waals surface area (Å²) in [6.45, 7) is 0. The fourth-order valence-electron chi connectivity index (χ4n) is 2.35. The molecule has 3 N–H and O–H groups in total. The monoisotopic (exact) mass is 255 g/mol. The molecule has 2 rings (SSSR count). The van der Waals surface area contributed by atoms with E-state index in [0.29, 0.717) is 6.42 Å². The van der Waals surface area contributed by atoms with Crippen LogP contribution in [0, 0.1) is 5.41 Å². The Morgan fingerprint density at radius 3 is 2.47 bits per heavy atom. The normalized spacial score (nSPS) is 26.8. The molecule has 0 aromatic heterocycles. The van der Waals surface area contributed by atoms with E-state index in [1.165, 1.54) is 5.56 Å². The van der Waals surface area contributed by atoms with Crippen LogP contribution in [-0.2, 0) is 11.2 Å². The van der Waals surface area contributed by atoms with Gasteiger partial charge in [0.05, 0.1) is 5.41 Å². The maximum absolute atomic E-state index is 11.3. The number of nitrogens with two attached hydrogens (primary N) is 1. The van der Waals surface area contributed by atoms with Crippen molar-refractivity contribution in [3.05, 3.63) is 35.9 Å². The molecule has 0 spiro atoms. The molecule has 1 aromatic carbocycles. The van der Waals surface area contributed by atoms with Gasteiger partial charge in [-0.1, -0.05) is 30.3 Å². The zero-order valence-electron chi connectivity index (χ0n) is 9.63. The topological polar surface area (TPSA) is 63.3 Å². The number of hydrogen-bond donors (Lipinski definition) is 2. The van der Waals surface area contributed by atoms with Gasteiger partial charge in [-0.05, 0) is 31.2 Å². The van der Waals surface area contributed by atoms with Gasteiger partial charge >= 0.3 is 5.97 Å². The molecule has 0 aliphatic heterocycles. The lowest BCUT2D eigenvalue weighted by molar-refractivity contribution is -0.156. The van der Waals surface area contributed by atoms with E-state index in [9.17, 15) is 9.90 Å². The number of halogens is 1. The fraction of sp³-hybridized carbons (Fsp3) is 0.462. The first kappa shape index (κ1) is 14.0. The number of benzene rings is 1. The van der Waals surface area contributed by atoms with Crippen molar-refractivity contribution in [2.75, 3.05) is 0 Å². The van der Waals surface area contributed by atoms with Crippen LogP contribution in [0.4, 0.5) is 0 Å². The van der Waals surface area contributed by atoms with E-state index < -0.39 is 11.4 Å². The van der Waals surface area contributed by atoms with E-state index in [1.807, 2.05) is 30.3 Å². The Bertz CT molecular complexity index is 382. The van der Waals surface area contributed by atoms with Crippen molar-refractivity contribution in [3.8, 4) is 0 Å². The number of hydrogen-bond acceptors (Lipinski definition) is 2. The summed E-state index contributed by atoms with van der Waals surface area (Å²) < 4.78 is 0. The molecule has 0 heterocycles. The molecule has 2 unspecified atom stereocenters. The molecule has 3 nitrogen and oxygen atoms in total. The molecule has 1 aliphatic carbocycles. The summed E-state index contributed by atoms with van der Waals surface area (Å²) in [5, 5.41) is 9.25. The van der Waals surface area contributed by atoms with Gasteiger partial charge in [0.25, 0.3) is 0 Å². The van der Waals surface area contributed by atoms with Crippen molar-refractivity contribution >= 4 is 18.4 Å². The van der Waals surface area contributed by atoms with E-state index in [-0.39, 0.29) is 18.4 Å². The van der Waals surface area contributed by atoms with Crippen molar-refractivity contribution < 1.29 is 9.90 Å². The third kappa shape index (κ3) is 2.61. The van der Waals surface area contributed by atoms with Gasteiger partial charge in [-0.25, -0.2) is 0 Å². The highest BCUT2D eigenvalue weighted by atomic mass is 35.5. The van der Waals surface area contributed by atoms with Crippen LogP contribution in [0.25, 0.3) is 0 Å².